The molecule has 0 saturated heterocycles. The van der Waals surface area contributed by atoms with Crippen molar-refractivity contribution in [1.29, 1.82) is 0 Å². The molecule has 0 aliphatic rings. The molecule has 1 heterocycles. The minimum absolute atomic E-state index is 0. The summed E-state index contributed by atoms with van der Waals surface area (Å²) in [5.74, 6) is 2.01. The summed E-state index contributed by atoms with van der Waals surface area (Å²) in [4.78, 5) is 16.3. The quantitative estimate of drug-likeness (QED) is 0.240. The fourth-order valence-electron chi connectivity index (χ4n) is 3.16. The van der Waals surface area contributed by atoms with Crippen LogP contribution >= 0.6 is 24.0 Å². The molecule has 1 aromatic heterocycles. The van der Waals surface area contributed by atoms with Crippen LogP contribution in [0.4, 0.5) is 0 Å². The van der Waals surface area contributed by atoms with Gasteiger partial charge in [-0.3, -0.25) is 4.79 Å². The maximum absolute atomic E-state index is 11.8. The first-order valence-corrected chi connectivity index (χ1v) is 9.90. The molecular formula is C22H33IN4O3. The molecule has 0 saturated carbocycles. The monoisotopic (exact) mass is 528 g/mol. The molecule has 30 heavy (non-hydrogen) atoms. The van der Waals surface area contributed by atoms with Gasteiger partial charge < -0.3 is 25.5 Å². The van der Waals surface area contributed by atoms with Gasteiger partial charge in [0.15, 0.2) is 5.96 Å². The first-order valence-electron chi connectivity index (χ1n) is 9.90. The van der Waals surface area contributed by atoms with E-state index in [1.54, 1.807) is 20.0 Å². The molecule has 7 nitrogen and oxygen atoms in total. The Bertz CT molecular complexity index is 862. The average molecular weight is 528 g/mol. The summed E-state index contributed by atoms with van der Waals surface area (Å²) in [7, 11) is 1.62. The summed E-state index contributed by atoms with van der Waals surface area (Å²) in [5.41, 5.74) is 1.34. The Kier molecular flexibility index (Phi) is 10.3. The molecule has 166 valence electrons. The van der Waals surface area contributed by atoms with Crippen LogP contribution < -0.4 is 16.0 Å². The lowest BCUT2D eigenvalue weighted by molar-refractivity contribution is 0.0657. The topological polar surface area (TPSA) is 98.9 Å². The van der Waals surface area contributed by atoms with Gasteiger partial charge in [-0.05, 0) is 57.9 Å². The number of nitrogens with one attached hydrogen (secondary N) is 3. The predicted octanol–water partition coefficient (Wildman–Crippen LogP) is 2.88. The van der Waals surface area contributed by atoms with E-state index >= 15 is 0 Å². The summed E-state index contributed by atoms with van der Waals surface area (Å²) in [6.45, 7) is 9.00. The minimum Gasteiger partial charge on any atom is -0.466 e. The van der Waals surface area contributed by atoms with Crippen LogP contribution in [0.3, 0.4) is 0 Å². The molecule has 4 N–H and O–H groups in total. The number of furan rings is 1. The molecule has 2 aromatic rings. The van der Waals surface area contributed by atoms with Crippen LogP contribution in [0.5, 0.6) is 0 Å². The van der Waals surface area contributed by atoms with Crippen LogP contribution in [0.15, 0.2) is 39.7 Å². The molecule has 1 unspecified atom stereocenters. The van der Waals surface area contributed by atoms with E-state index in [0.29, 0.717) is 30.4 Å². The Morgan fingerprint density at radius 1 is 1.23 bits per heavy atom. The normalized spacial score (nSPS) is 13.2. The Morgan fingerprint density at radius 3 is 2.57 bits per heavy atom. The highest BCUT2D eigenvalue weighted by atomic mass is 127. The Hall–Kier alpha value is -2.07. The highest BCUT2D eigenvalue weighted by Gasteiger charge is 2.27. The zero-order chi connectivity index (χ0) is 21.4. The molecule has 0 aliphatic heterocycles. The highest BCUT2D eigenvalue weighted by Crippen LogP contribution is 2.27. The Morgan fingerprint density at radius 2 is 1.97 bits per heavy atom. The molecule has 0 fully saturated rings. The van der Waals surface area contributed by atoms with Crippen molar-refractivity contribution in [3.8, 4) is 0 Å². The third kappa shape index (κ3) is 7.32. The second-order valence-corrected chi connectivity index (χ2v) is 7.25. The summed E-state index contributed by atoms with van der Waals surface area (Å²) in [6, 6.07) is 9.41. The van der Waals surface area contributed by atoms with Crippen molar-refractivity contribution in [2.45, 2.75) is 39.7 Å². The second kappa shape index (κ2) is 11.9. The zero-order valence-corrected chi connectivity index (χ0v) is 20.7. The van der Waals surface area contributed by atoms with Crippen molar-refractivity contribution in [3.05, 3.63) is 58.5 Å². The van der Waals surface area contributed by atoms with E-state index in [-0.39, 0.29) is 36.4 Å². The summed E-state index contributed by atoms with van der Waals surface area (Å²) >= 11 is 0. The lowest BCUT2D eigenvalue weighted by Crippen LogP contribution is -2.39. The summed E-state index contributed by atoms with van der Waals surface area (Å²) < 4.78 is 5.54. The summed E-state index contributed by atoms with van der Waals surface area (Å²) in [5, 5.41) is 20.0. The highest BCUT2D eigenvalue weighted by molar-refractivity contribution is 14.0. The van der Waals surface area contributed by atoms with Gasteiger partial charge in [-0.15, -0.1) is 24.0 Å². The van der Waals surface area contributed by atoms with Crippen molar-refractivity contribution >= 4 is 35.8 Å². The molecule has 1 amide bonds. The maximum atomic E-state index is 11.8. The number of rotatable bonds is 8. The Balaban J connectivity index is 0.00000450. The van der Waals surface area contributed by atoms with E-state index in [9.17, 15) is 9.90 Å². The van der Waals surface area contributed by atoms with Gasteiger partial charge in [0, 0.05) is 31.3 Å². The van der Waals surface area contributed by atoms with Gasteiger partial charge in [0.05, 0.1) is 6.54 Å². The number of amides is 1. The van der Waals surface area contributed by atoms with E-state index in [0.717, 1.165) is 23.3 Å². The number of carbonyl (C=O) groups is 1. The van der Waals surface area contributed by atoms with Gasteiger partial charge in [0.2, 0.25) is 0 Å². The first kappa shape index (κ1) is 26.0. The van der Waals surface area contributed by atoms with Gasteiger partial charge in [0.25, 0.3) is 5.91 Å². The Labute approximate surface area is 195 Å². The molecule has 0 spiro atoms. The number of halogens is 1. The molecular weight excluding hydrogens is 495 g/mol. The lowest BCUT2D eigenvalue weighted by atomic mass is 9.96. The summed E-state index contributed by atoms with van der Waals surface area (Å²) in [6.07, 6.45) is 0.742. The van der Waals surface area contributed by atoms with E-state index in [1.165, 1.54) is 0 Å². The number of guanidine groups is 1. The lowest BCUT2D eigenvalue weighted by Gasteiger charge is -2.21. The molecule has 0 radical (unpaired) electrons. The van der Waals surface area contributed by atoms with Crippen LogP contribution in [0.1, 0.15) is 46.9 Å². The van der Waals surface area contributed by atoms with E-state index in [2.05, 4.69) is 20.9 Å². The largest absolute Gasteiger partial charge is 0.466 e. The van der Waals surface area contributed by atoms with Gasteiger partial charge in [-0.1, -0.05) is 12.1 Å². The molecule has 8 heteroatoms. The van der Waals surface area contributed by atoms with Crippen LogP contribution in [-0.4, -0.2) is 43.7 Å². The van der Waals surface area contributed by atoms with Crippen LogP contribution in [-0.2, 0) is 12.0 Å². The van der Waals surface area contributed by atoms with Crippen molar-refractivity contribution < 1.29 is 14.3 Å². The SMILES string of the molecule is CCNC(=NCC(C)(O)c1cc(C)oc1C)NCCc1cccc(C(=O)NC)c1.I. The number of benzene rings is 1. The van der Waals surface area contributed by atoms with Crippen LogP contribution in [0, 0.1) is 13.8 Å². The van der Waals surface area contributed by atoms with Crippen molar-refractivity contribution in [2.75, 3.05) is 26.7 Å². The fraction of sp³-hybridized carbons (Fsp3) is 0.455. The fourth-order valence-corrected chi connectivity index (χ4v) is 3.16. The number of hydrogen-bond acceptors (Lipinski definition) is 4. The number of aliphatic hydroxyl groups is 1. The predicted molar refractivity (Wildman–Crippen MR) is 131 cm³/mol. The van der Waals surface area contributed by atoms with E-state index in [1.807, 2.05) is 45.0 Å². The second-order valence-electron chi connectivity index (χ2n) is 7.25. The molecule has 2 rings (SSSR count). The number of aryl methyl sites for hydroxylation is 2. The van der Waals surface area contributed by atoms with Gasteiger partial charge in [-0.25, -0.2) is 4.99 Å². The molecule has 0 aliphatic carbocycles. The van der Waals surface area contributed by atoms with Gasteiger partial charge in [0.1, 0.15) is 17.1 Å². The first-order chi connectivity index (χ1) is 13.8. The van der Waals surface area contributed by atoms with Crippen LogP contribution in [0.2, 0.25) is 0 Å². The van der Waals surface area contributed by atoms with Crippen LogP contribution in [0.25, 0.3) is 0 Å². The van der Waals surface area contributed by atoms with Gasteiger partial charge in [-0.2, -0.15) is 0 Å². The standard InChI is InChI=1S/C22H32N4O3.HI/c1-6-24-21(26-14-22(4,28)19-12-15(2)29-16(19)3)25-11-10-17-8-7-9-18(13-17)20(27)23-5;/h7-9,12-13,28H,6,10-11,14H2,1-5H3,(H,23,27)(H2,24,25,26);1H. The number of hydrogen-bond donors (Lipinski definition) is 4. The number of aliphatic imine (C=N–C) groups is 1. The van der Waals surface area contributed by atoms with Crippen molar-refractivity contribution in [1.82, 2.24) is 16.0 Å². The smallest absolute Gasteiger partial charge is 0.251 e. The third-order valence-corrected chi connectivity index (χ3v) is 4.63. The van der Waals surface area contributed by atoms with Gasteiger partial charge >= 0.3 is 0 Å². The molecule has 1 atom stereocenters. The zero-order valence-electron chi connectivity index (χ0n) is 18.3. The molecule has 1 aromatic carbocycles. The number of carbonyl (C=O) groups excluding carboxylic acids is 1. The number of nitrogens with zero attached hydrogens (tertiary/aromatic N) is 1. The maximum Gasteiger partial charge on any atom is 0.251 e. The van der Waals surface area contributed by atoms with Crippen molar-refractivity contribution in [3.63, 3.8) is 0 Å². The van der Waals surface area contributed by atoms with E-state index < -0.39 is 5.60 Å². The minimum atomic E-state index is -1.12. The third-order valence-electron chi connectivity index (χ3n) is 4.63. The molecule has 0 bridgehead atoms. The van der Waals surface area contributed by atoms with Crippen molar-refractivity contribution in [2.24, 2.45) is 4.99 Å². The average Bonchev–Trinajstić information content (AvgIpc) is 3.04. The van der Waals surface area contributed by atoms with E-state index in [4.69, 9.17) is 4.42 Å².